The molecule has 3 heterocycles. The van der Waals surface area contributed by atoms with Crippen LogP contribution in [0.1, 0.15) is 24.8 Å². The number of nitrogens with zero attached hydrogens (tertiary/aromatic N) is 4. The van der Waals surface area contributed by atoms with Crippen molar-refractivity contribution in [1.82, 2.24) is 14.2 Å². The Morgan fingerprint density at radius 1 is 1.11 bits per heavy atom. The maximum Gasteiger partial charge on any atom is 0.247 e. The number of ether oxygens (including phenoxy) is 1. The summed E-state index contributed by atoms with van der Waals surface area (Å²) in [5.74, 6) is -0.191. The van der Waals surface area contributed by atoms with Gasteiger partial charge in [-0.3, -0.25) is 14.6 Å². The predicted octanol–water partition coefficient (Wildman–Crippen LogP) is 3.51. The second-order valence-corrected chi connectivity index (χ2v) is 12.2. The number of hydrogen-bond donors (Lipinski definition) is 0. The summed E-state index contributed by atoms with van der Waals surface area (Å²) < 4.78 is 34.9. The molecular weight excluding hydrogens is 496 g/mol. The molecule has 2 aliphatic heterocycles. The number of carbonyl (C=O) groups excluding carboxylic acids is 1. The summed E-state index contributed by atoms with van der Waals surface area (Å²) in [5.41, 5.74) is 1.84. The van der Waals surface area contributed by atoms with Crippen LogP contribution in [0.2, 0.25) is 0 Å². The molecule has 1 atom stereocenters. The second-order valence-electron chi connectivity index (χ2n) is 9.35. The van der Waals surface area contributed by atoms with Gasteiger partial charge in [0.25, 0.3) is 0 Å². The maximum atomic E-state index is 14.0. The van der Waals surface area contributed by atoms with E-state index >= 15 is 0 Å². The number of aromatic nitrogens is 1. The Bertz CT molecular complexity index is 1270. The molecule has 3 aromatic rings. The maximum absolute atomic E-state index is 14.0. The lowest BCUT2D eigenvalue weighted by Crippen LogP contribution is -2.48. The Labute approximate surface area is 216 Å². The normalized spacial score (nSPS) is 19.6. The van der Waals surface area contributed by atoms with Crippen LogP contribution < -0.4 is 4.90 Å². The van der Waals surface area contributed by atoms with Gasteiger partial charge in [-0.25, -0.2) is 13.4 Å². The zero-order valence-electron chi connectivity index (χ0n) is 20.5. The molecule has 2 saturated heterocycles. The van der Waals surface area contributed by atoms with Gasteiger partial charge in [0.05, 0.1) is 28.3 Å². The van der Waals surface area contributed by atoms with Gasteiger partial charge < -0.3 is 4.74 Å². The van der Waals surface area contributed by atoms with Crippen molar-refractivity contribution >= 4 is 42.6 Å². The van der Waals surface area contributed by atoms with Gasteiger partial charge in [-0.1, -0.05) is 41.2 Å². The summed E-state index contributed by atoms with van der Waals surface area (Å²) in [6.07, 6.45) is 1.94. The molecule has 0 spiro atoms. The Morgan fingerprint density at radius 3 is 2.61 bits per heavy atom. The zero-order valence-corrected chi connectivity index (χ0v) is 22.1. The minimum atomic E-state index is -3.78. The van der Waals surface area contributed by atoms with Crippen molar-refractivity contribution in [1.29, 1.82) is 0 Å². The molecule has 8 nitrogen and oxygen atoms in total. The SMILES string of the molecule is Cc1ccc(S(=O)(=O)N2CCCC2C(=O)N(CCCN2CCOCC2)c2nc3ccccc3s2)cc1. The molecule has 0 aliphatic carbocycles. The van der Waals surface area contributed by atoms with Crippen LogP contribution in [-0.2, 0) is 19.6 Å². The van der Waals surface area contributed by atoms with Crippen molar-refractivity contribution in [3.63, 3.8) is 0 Å². The number of fused-ring (bicyclic) bond motifs is 1. The van der Waals surface area contributed by atoms with Crippen LogP contribution in [0, 0.1) is 6.92 Å². The van der Waals surface area contributed by atoms with E-state index in [4.69, 9.17) is 9.72 Å². The fraction of sp³-hybridized carbons (Fsp3) is 0.462. The van der Waals surface area contributed by atoms with Gasteiger partial charge in [0.15, 0.2) is 5.13 Å². The van der Waals surface area contributed by atoms with Crippen molar-refractivity contribution < 1.29 is 17.9 Å². The molecular formula is C26H32N4O4S2. The van der Waals surface area contributed by atoms with E-state index in [0.717, 1.165) is 55.0 Å². The van der Waals surface area contributed by atoms with Crippen molar-refractivity contribution in [3.8, 4) is 0 Å². The number of rotatable bonds is 8. The van der Waals surface area contributed by atoms with Gasteiger partial charge >= 0.3 is 0 Å². The third-order valence-electron chi connectivity index (χ3n) is 6.86. The highest BCUT2D eigenvalue weighted by atomic mass is 32.2. The number of sulfonamides is 1. The van der Waals surface area contributed by atoms with Crippen LogP contribution in [0.5, 0.6) is 0 Å². The van der Waals surface area contributed by atoms with Crippen molar-refractivity contribution in [2.75, 3.05) is 50.8 Å². The van der Waals surface area contributed by atoms with E-state index in [1.165, 1.54) is 15.6 Å². The minimum absolute atomic E-state index is 0.191. The third kappa shape index (κ3) is 5.33. The molecule has 0 radical (unpaired) electrons. The first kappa shape index (κ1) is 25.3. The van der Waals surface area contributed by atoms with Crippen LogP contribution in [0.3, 0.4) is 0 Å². The van der Waals surface area contributed by atoms with E-state index in [-0.39, 0.29) is 10.8 Å². The number of anilines is 1. The number of amides is 1. The quantitative estimate of drug-likeness (QED) is 0.445. The lowest BCUT2D eigenvalue weighted by Gasteiger charge is -2.30. The van der Waals surface area contributed by atoms with Crippen LogP contribution in [0.15, 0.2) is 53.4 Å². The number of hydrogen-bond acceptors (Lipinski definition) is 7. The van der Waals surface area contributed by atoms with Gasteiger partial charge in [-0.2, -0.15) is 4.31 Å². The van der Waals surface area contributed by atoms with E-state index in [1.807, 2.05) is 31.2 Å². The highest BCUT2D eigenvalue weighted by molar-refractivity contribution is 7.89. The molecule has 36 heavy (non-hydrogen) atoms. The topological polar surface area (TPSA) is 83.1 Å². The molecule has 2 aliphatic rings. The average Bonchev–Trinajstić information content (AvgIpc) is 3.55. The van der Waals surface area contributed by atoms with Gasteiger partial charge in [0.2, 0.25) is 15.9 Å². The molecule has 1 unspecified atom stereocenters. The monoisotopic (exact) mass is 528 g/mol. The molecule has 5 rings (SSSR count). The van der Waals surface area contributed by atoms with Gasteiger partial charge in [-0.05, 0) is 50.5 Å². The van der Waals surface area contributed by atoms with Crippen molar-refractivity contribution in [2.45, 2.75) is 37.1 Å². The second kappa shape index (κ2) is 10.9. The molecule has 0 saturated carbocycles. The molecule has 1 amide bonds. The number of morpholine rings is 1. The first-order valence-electron chi connectivity index (χ1n) is 12.5. The summed E-state index contributed by atoms with van der Waals surface area (Å²) in [5, 5.41) is 0.628. The van der Waals surface area contributed by atoms with Crippen molar-refractivity contribution in [3.05, 3.63) is 54.1 Å². The van der Waals surface area contributed by atoms with Gasteiger partial charge in [0, 0.05) is 32.7 Å². The average molecular weight is 529 g/mol. The van der Waals surface area contributed by atoms with Crippen LogP contribution in [-0.4, -0.2) is 80.5 Å². The lowest BCUT2D eigenvalue weighted by atomic mass is 10.2. The molecule has 2 aromatic carbocycles. The standard InChI is InChI=1S/C26H32N4O4S2/c1-20-9-11-21(12-10-20)36(32,33)30-15-4-7-23(30)25(31)29(14-5-13-28-16-18-34-19-17-28)26-27-22-6-2-3-8-24(22)35-26/h2-3,6,8-12,23H,4-5,7,13-19H2,1H3. The third-order valence-corrected chi connectivity index (χ3v) is 9.84. The summed E-state index contributed by atoms with van der Waals surface area (Å²) in [6.45, 7) is 6.85. The van der Waals surface area contributed by atoms with E-state index in [0.29, 0.717) is 31.1 Å². The number of thiazole rings is 1. The summed E-state index contributed by atoms with van der Waals surface area (Å²) in [6, 6.07) is 13.9. The van der Waals surface area contributed by atoms with E-state index in [1.54, 1.807) is 29.2 Å². The van der Waals surface area contributed by atoms with E-state index in [9.17, 15) is 13.2 Å². The molecule has 10 heteroatoms. The van der Waals surface area contributed by atoms with Gasteiger partial charge in [0.1, 0.15) is 6.04 Å². The summed E-state index contributed by atoms with van der Waals surface area (Å²) >= 11 is 1.48. The zero-order chi connectivity index (χ0) is 25.1. The van der Waals surface area contributed by atoms with Gasteiger partial charge in [-0.15, -0.1) is 0 Å². The molecule has 0 bridgehead atoms. The Hall–Kier alpha value is -2.37. The Morgan fingerprint density at radius 2 is 1.86 bits per heavy atom. The van der Waals surface area contributed by atoms with E-state index < -0.39 is 16.1 Å². The van der Waals surface area contributed by atoms with Crippen LogP contribution in [0.4, 0.5) is 5.13 Å². The van der Waals surface area contributed by atoms with Crippen LogP contribution in [0.25, 0.3) is 10.2 Å². The first-order valence-corrected chi connectivity index (χ1v) is 14.7. The van der Waals surface area contributed by atoms with E-state index in [2.05, 4.69) is 4.90 Å². The Kier molecular flexibility index (Phi) is 7.68. The molecule has 192 valence electrons. The fourth-order valence-corrected chi connectivity index (χ4v) is 7.50. The Balaban J connectivity index is 1.40. The summed E-state index contributed by atoms with van der Waals surface area (Å²) in [7, 11) is -3.78. The molecule has 0 N–H and O–H groups in total. The van der Waals surface area contributed by atoms with Crippen LogP contribution >= 0.6 is 11.3 Å². The number of aryl methyl sites for hydroxylation is 1. The molecule has 1 aromatic heterocycles. The molecule has 2 fully saturated rings. The minimum Gasteiger partial charge on any atom is -0.379 e. The smallest absolute Gasteiger partial charge is 0.247 e. The number of benzene rings is 2. The fourth-order valence-electron chi connectivity index (χ4n) is 4.85. The highest BCUT2D eigenvalue weighted by Crippen LogP contribution is 2.33. The number of carbonyl (C=O) groups is 1. The van der Waals surface area contributed by atoms with Crippen molar-refractivity contribution in [2.24, 2.45) is 0 Å². The highest BCUT2D eigenvalue weighted by Gasteiger charge is 2.42. The predicted molar refractivity (Wildman–Crippen MR) is 142 cm³/mol. The largest absolute Gasteiger partial charge is 0.379 e. The lowest BCUT2D eigenvalue weighted by molar-refractivity contribution is -0.121. The first-order chi connectivity index (χ1) is 17.4. The summed E-state index contributed by atoms with van der Waals surface area (Å²) in [4.78, 5) is 23.0. The number of para-hydroxylation sites is 1.